The van der Waals surface area contributed by atoms with E-state index in [1.807, 2.05) is 29.7 Å². The first kappa shape index (κ1) is 15.3. The van der Waals surface area contributed by atoms with Crippen molar-refractivity contribution in [2.75, 3.05) is 7.11 Å². The van der Waals surface area contributed by atoms with Gasteiger partial charge in [-0.25, -0.2) is 0 Å². The highest BCUT2D eigenvalue weighted by Gasteiger charge is 2.15. The molecule has 3 rings (SSSR count). The predicted molar refractivity (Wildman–Crippen MR) is 93.5 cm³/mol. The quantitative estimate of drug-likeness (QED) is 0.640. The topological polar surface area (TPSA) is 30.7 Å². The number of carbonyl (C=O) groups is 1. The fourth-order valence-corrected chi connectivity index (χ4v) is 3.04. The largest absolute Gasteiger partial charge is 0.496 e. The minimum atomic E-state index is 0.663. The van der Waals surface area contributed by atoms with Gasteiger partial charge in [-0.3, -0.25) is 4.79 Å². The summed E-state index contributed by atoms with van der Waals surface area (Å²) in [6.45, 7) is 4.19. The molecule has 0 aliphatic heterocycles. The highest BCUT2D eigenvalue weighted by atomic mass is 16.5. The smallest absolute Gasteiger partial charge is 0.167 e. The number of nitrogens with zero attached hydrogens (tertiary/aromatic N) is 1. The van der Waals surface area contributed by atoms with Crippen molar-refractivity contribution in [2.45, 2.75) is 26.7 Å². The predicted octanol–water partition coefficient (Wildman–Crippen LogP) is 4.69. The van der Waals surface area contributed by atoms with Crippen LogP contribution in [-0.2, 0) is 6.42 Å². The van der Waals surface area contributed by atoms with Gasteiger partial charge in [0, 0.05) is 22.8 Å². The summed E-state index contributed by atoms with van der Waals surface area (Å²) >= 11 is 0. The van der Waals surface area contributed by atoms with Crippen LogP contribution in [-0.4, -0.2) is 17.8 Å². The highest BCUT2D eigenvalue weighted by Crippen LogP contribution is 2.35. The molecule has 118 valence electrons. The first-order valence-corrected chi connectivity index (χ1v) is 7.92. The zero-order chi connectivity index (χ0) is 16.4. The number of hydrogen-bond donors (Lipinski definition) is 0. The Bertz CT molecular complexity index is 861. The third kappa shape index (κ3) is 2.74. The fourth-order valence-electron chi connectivity index (χ4n) is 3.04. The van der Waals surface area contributed by atoms with Crippen molar-refractivity contribution in [3.05, 3.63) is 59.4 Å². The van der Waals surface area contributed by atoms with Crippen LogP contribution in [0.2, 0.25) is 0 Å². The van der Waals surface area contributed by atoms with Crippen LogP contribution in [0.5, 0.6) is 5.75 Å². The lowest BCUT2D eigenvalue weighted by atomic mass is 10.00. The molecule has 0 aliphatic rings. The summed E-state index contributed by atoms with van der Waals surface area (Å²) < 4.78 is 7.47. The molecule has 3 heteroatoms. The Morgan fingerprint density at radius 3 is 2.65 bits per heavy atom. The second-order valence-corrected chi connectivity index (χ2v) is 5.85. The number of ether oxygens (including phenoxy) is 1. The van der Waals surface area contributed by atoms with Gasteiger partial charge in [0.05, 0.1) is 12.8 Å². The zero-order valence-corrected chi connectivity index (χ0v) is 13.8. The second kappa shape index (κ2) is 6.29. The molecule has 2 heterocycles. The molecule has 23 heavy (non-hydrogen) atoms. The van der Waals surface area contributed by atoms with E-state index in [1.165, 1.54) is 5.56 Å². The molecule has 0 fully saturated rings. The van der Waals surface area contributed by atoms with E-state index < -0.39 is 0 Å². The van der Waals surface area contributed by atoms with Gasteiger partial charge in [0.1, 0.15) is 5.75 Å². The molecule has 0 aliphatic carbocycles. The molecular formula is C20H21NO2. The van der Waals surface area contributed by atoms with Crippen molar-refractivity contribution in [1.29, 1.82) is 0 Å². The molecule has 1 aromatic carbocycles. The summed E-state index contributed by atoms with van der Waals surface area (Å²) in [6, 6.07) is 12.4. The van der Waals surface area contributed by atoms with E-state index in [2.05, 4.69) is 31.2 Å². The van der Waals surface area contributed by atoms with Gasteiger partial charge < -0.3 is 9.14 Å². The summed E-state index contributed by atoms with van der Waals surface area (Å²) in [6.07, 6.45) is 5.02. The zero-order valence-electron chi connectivity index (χ0n) is 13.8. The van der Waals surface area contributed by atoms with Crippen LogP contribution in [0, 0.1) is 6.92 Å². The molecule has 0 unspecified atom stereocenters. The lowest BCUT2D eigenvalue weighted by Gasteiger charge is -2.10. The summed E-state index contributed by atoms with van der Waals surface area (Å²) in [5.74, 6) is 0.792. The summed E-state index contributed by atoms with van der Waals surface area (Å²) in [4.78, 5) is 11.7. The molecule has 0 saturated heterocycles. The van der Waals surface area contributed by atoms with E-state index in [-0.39, 0.29) is 0 Å². The summed E-state index contributed by atoms with van der Waals surface area (Å²) in [5, 5.41) is 0. The Hall–Kier alpha value is -2.55. The number of pyridine rings is 1. The van der Waals surface area contributed by atoms with Gasteiger partial charge in [-0.15, -0.1) is 0 Å². The molecule has 0 amide bonds. The van der Waals surface area contributed by atoms with Crippen LogP contribution < -0.4 is 4.74 Å². The number of methoxy groups -OCH3 is 1. The van der Waals surface area contributed by atoms with Gasteiger partial charge in [0.25, 0.3) is 0 Å². The number of aryl methyl sites for hydroxylation is 2. The highest BCUT2D eigenvalue weighted by molar-refractivity contribution is 5.91. The van der Waals surface area contributed by atoms with Crippen LogP contribution in [0.4, 0.5) is 0 Å². The van der Waals surface area contributed by atoms with Gasteiger partial charge in [-0.1, -0.05) is 25.5 Å². The van der Waals surface area contributed by atoms with Gasteiger partial charge in [0.15, 0.2) is 6.29 Å². The van der Waals surface area contributed by atoms with E-state index in [0.29, 0.717) is 5.69 Å². The normalized spacial score (nSPS) is 10.9. The minimum Gasteiger partial charge on any atom is -0.496 e. The van der Waals surface area contributed by atoms with Crippen molar-refractivity contribution >= 4 is 11.8 Å². The van der Waals surface area contributed by atoms with Crippen LogP contribution in [0.15, 0.2) is 42.6 Å². The van der Waals surface area contributed by atoms with Crippen molar-refractivity contribution in [2.24, 2.45) is 0 Å². The minimum absolute atomic E-state index is 0.663. The molecule has 0 saturated carbocycles. The van der Waals surface area contributed by atoms with Crippen LogP contribution in [0.1, 0.15) is 35.0 Å². The molecule has 3 nitrogen and oxygen atoms in total. The lowest BCUT2D eigenvalue weighted by molar-refractivity contribution is 0.111. The number of aldehydes is 1. The van der Waals surface area contributed by atoms with Crippen molar-refractivity contribution in [1.82, 2.24) is 4.40 Å². The number of aromatic nitrogens is 1. The van der Waals surface area contributed by atoms with E-state index >= 15 is 0 Å². The van der Waals surface area contributed by atoms with Crippen LogP contribution in [0.25, 0.3) is 16.6 Å². The van der Waals surface area contributed by atoms with Gasteiger partial charge in [-0.2, -0.15) is 0 Å². The molecule has 2 aromatic heterocycles. The Morgan fingerprint density at radius 1 is 1.13 bits per heavy atom. The third-order valence-corrected chi connectivity index (χ3v) is 4.16. The van der Waals surface area contributed by atoms with Crippen molar-refractivity contribution < 1.29 is 9.53 Å². The lowest BCUT2D eigenvalue weighted by Crippen LogP contribution is -1.95. The molecular weight excluding hydrogens is 286 g/mol. The number of benzene rings is 1. The number of rotatable bonds is 5. The van der Waals surface area contributed by atoms with Crippen LogP contribution in [0.3, 0.4) is 0 Å². The number of hydrogen-bond acceptors (Lipinski definition) is 2. The van der Waals surface area contributed by atoms with Gasteiger partial charge in [-0.05, 0) is 48.7 Å². The average molecular weight is 307 g/mol. The van der Waals surface area contributed by atoms with Gasteiger partial charge in [0.2, 0.25) is 0 Å². The van der Waals surface area contributed by atoms with E-state index in [0.717, 1.165) is 47.1 Å². The summed E-state index contributed by atoms with van der Waals surface area (Å²) in [5.41, 5.74) is 5.94. The second-order valence-electron chi connectivity index (χ2n) is 5.85. The van der Waals surface area contributed by atoms with Crippen molar-refractivity contribution in [3.63, 3.8) is 0 Å². The molecule has 0 spiro atoms. The maximum Gasteiger partial charge on any atom is 0.167 e. The Labute approximate surface area is 136 Å². The number of fused-ring (bicyclic) bond motifs is 1. The van der Waals surface area contributed by atoms with Gasteiger partial charge >= 0.3 is 0 Å². The molecule has 0 atom stereocenters. The first-order valence-electron chi connectivity index (χ1n) is 7.92. The Balaban J connectivity index is 2.27. The maximum absolute atomic E-state index is 11.7. The Morgan fingerprint density at radius 2 is 1.96 bits per heavy atom. The van der Waals surface area contributed by atoms with Crippen LogP contribution >= 0.6 is 0 Å². The number of carbonyl (C=O) groups excluding carboxylic acids is 1. The fraction of sp³-hybridized carbons (Fsp3) is 0.250. The first-order chi connectivity index (χ1) is 11.2. The van der Waals surface area contributed by atoms with E-state index in [1.54, 1.807) is 7.11 Å². The third-order valence-electron chi connectivity index (χ3n) is 4.16. The monoisotopic (exact) mass is 307 g/mol. The van der Waals surface area contributed by atoms with Crippen molar-refractivity contribution in [3.8, 4) is 16.9 Å². The van der Waals surface area contributed by atoms with E-state index in [9.17, 15) is 4.79 Å². The molecule has 0 radical (unpaired) electrons. The maximum atomic E-state index is 11.7. The SMILES string of the molecule is CCCc1ccc(OC)c(-c2cc3ccc(C)cn3c2C=O)c1. The molecule has 3 aromatic rings. The molecule has 0 N–H and O–H groups in total. The summed E-state index contributed by atoms with van der Waals surface area (Å²) in [7, 11) is 1.67. The standard InChI is InChI=1S/C20H21NO2/c1-4-5-15-7-9-20(23-3)18(10-15)17-11-16-8-6-14(2)12-21(16)19(17)13-22/h6-13H,4-5H2,1-3H3. The van der Waals surface area contributed by atoms with E-state index in [4.69, 9.17) is 4.74 Å². The average Bonchev–Trinajstić information content (AvgIpc) is 2.92. The Kier molecular flexibility index (Phi) is 4.20. The molecule has 0 bridgehead atoms.